The summed E-state index contributed by atoms with van der Waals surface area (Å²) in [7, 11) is 0. The van der Waals surface area contributed by atoms with E-state index in [2.05, 4.69) is 21.2 Å². The summed E-state index contributed by atoms with van der Waals surface area (Å²) in [5.74, 6) is 0. The zero-order chi connectivity index (χ0) is 12.0. The quantitative estimate of drug-likeness (QED) is 0.839. The molecule has 0 aliphatic heterocycles. The topological polar surface area (TPSA) is 83.4 Å². The second-order valence-electron chi connectivity index (χ2n) is 2.73. The van der Waals surface area contributed by atoms with E-state index in [9.17, 15) is 0 Å². The minimum Gasteiger partial charge on any atom is -0.359 e. The number of allylic oxidation sites excluding steroid dienone is 1. The van der Waals surface area contributed by atoms with Crippen molar-refractivity contribution in [2.75, 3.05) is 5.32 Å². The maximum Gasteiger partial charge on any atom is 0.145 e. The van der Waals surface area contributed by atoms with Crippen LogP contribution in [0.2, 0.25) is 0 Å². The van der Waals surface area contributed by atoms with Crippen molar-refractivity contribution in [3.8, 4) is 18.2 Å². The van der Waals surface area contributed by atoms with Crippen molar-refractivity contribution in [2.45, 2.75) is 0 Å². The normalized spacial score (nSPS) is 8.12. The molecular weight excluding hydrogens is 268 g/mol. The molecule has 0 aliphatic carbocycles. The molecule has 0 radical (unpaired) electrons. The molecule has 5 heteroatoms. The van der Waals surface area contributed by atoms with Gasteiger partial charge in [-0.25, -0.2) is 0 Å². The van der Waals surface area contributed by atoms with Gasteiger partial charge in [0, 0.05) is 10.7 Å². The number of nitrogens with one attached hydrogen (secondary N) is 1. The Hall–Kier alpha value is -2.29. The van der Waals surface area contributed by atoms with E-state index in [0.29, 0.717) is 11.3 Å². The number of benzene rings is 1. The number of nitrogens with zero attached hydrogens (tertiary/aromatic N) is 3. The first kappa shape index (κ1) is 11.8. The van der Waals surface area contributed by atoms with Crippen molar-refractivity contribution in [3.63, 3.8) is 0 Å². The predicted octanol–water partition coefficient (Wildman–Crippen LogP) is 2.66. The fourth-order valence-corrected chi connectivity index (χ4v) is 1.34. The van der Waals surface area contributed by atoms with Crippen molar-refractivity contribution in [1.82, 2.24) is 0 Å². The Morgan fingerprint density at radius 3 is 2.50 bits per heavy atom. The number of anilines is 1. The molecule has 1 aromatic rings. The SMILES string of the molecule is N#CC(C#N)=CNc1ccc(Br)cc1C#N. The van der Waals surface area contributed by atoms with Crippen LogP contribution in [0.15, 0.2) is 34.4 Å². The van der Waals surface area contributed by atoms with E-state index in [1.807, 2.05) is 6.07 Å². The van der Waals surface area contributed by atoms with Crippen LogP contribution in [0.4, 0.5) is 5.69 Å². The maximum absolute atomic E-state index is 8.86. The third-order valence-electron chi connectivity index (χ3n) is 1.71. The first-order chi connectivity index (χ1) is 7.71. The number of hydrogen-bond acceptors (Lipinski definition) is 4. The van der Waals surface area contributed by atoms with Crippen LogP contribution in [-0.2, 0) is 0 Å². The number of rotatable bonds is 2. The Morgan fingerprint density at radius 2 is 1.94 bits per heavy atom. The maximum atomic E-state index is 8.86. The molecule has 0 bridgehead atoms. The van der Waals surface area contributed by atoms with Crippen LogP contribution in [0.25, 0.3) is 0 Å². The molecule has 0 heterocycles. The molecule has 1 rings (SSSR count). The smallest absolute Gasteiger partial charge is 0.145 e. The molecule has 0 saturated carbocycles. The average molecular weight is 273 g/mol. The lowest BCUT2D eigenvalue weighted by Crippen LogP contribution is -1.93. The van der Waals surface area contributed by atoms with Crippen LogP contribution in [-0.4, -0.2) is 0 Å². The Balaban J connectivity index is 3.01. The predicted molar refractivity (Wildman–Crippen MR) is 61.8 cm³/mol. The molecule has 0 aromatic heterocycles. The summed E-state index contributed by atoms with van der Waals surface area (Å²) < 4.78 is 0.791. The first-order valence-electron chi connectivity index (χ1n) is 4.18. The third kappa shape index (κ3) is 2.85. The largest absolute Gasteiger partial charge is 0.359 e. The van der Waals surface area contributed by atoms with Gasteiger partial charge in [0.25, 0.3) is 0 Å². The molecule has 1 aromatic carbocycles. The van der Waals surface area contributed by atoms with Gasteiger partial charge in [-0.1, -0.05) is 15.9 Å². The molecule has 1 N–H and O–H groups in total. The lowest BCUT2D eigenvalue weighted by atomic mass is 10.2. The molecule has 76 valence electrons. The van der Waals surface area contributed by atoms with Gasteiger partial charge in [0.05, 0.1) is 11.3 Å². The van der Waals surface area contributed by atoms with Gasteiger partial charge in [0.1, 0.15) is 23.8 Å². The van der Waals surface area contributed by atoms with Crippen molar-refractivity contribution < 1.29 is 0 Å². The Bertz CT molecular complexity index is 539. The summed E-state index contributed by atoms with van der Waals surface area (Å²) in [5.41, 5.74) is 0.932. The van der Waals surface area contributed by atoms with Crippen LogP contribution in [0.1, 0.15) is 5.56 Å². The van der Waals surface area contributed by atoms with E-state index < -0.39 is 0 Å². The summed E-state index contributed by atoms with van der Waals surface area (Å²) in [6, 6.07) is 10.5. The highest BCUT2D eigenvalue weighted by Gasteiger charge is 2.01. The van der Waals surface area contributed by atoms with Gasteiger partial charge < -0.3 is 5.32 Å². The van der Waals surface area contributed by atoms with Gasteiger partial charge in [0.15, 0.2) is 0 Å². The highest BCUT2D eigenvalue weighted by Crippen LogP contribution is 2.20. The first-order valence-corrected chi connectivity index (χ1v) is 4.97. The van der Waals surface area contributed by atoms with Crippen LogP contribution < -0.4 is 5.32 Å². The molecule has 0 aliphatic rings. The summed E-state index contributed by atoms with van der Waals surface area (Å²) in [6.45, 7) is 0. The van der Waals surface area contributed by atoms with Gasteiger partial charge in [0.2, 0.25) is 0 Å². The molecule has 0 amide bonds. The Kier molecular flexibility index (Phi) is 4.09. The van der Waals surface area contributed by atoms with Gasteiger partial charge in [-0.15, -0.1) is 0 Å². The lowest BCUT2D eigenvalue weighted by molar-refractivity contribution is 1.43. The van der Waals surface area contributed by atoms with Crippen LogP contribution in [0, 0.1) is 34.0 Å². The monoisotopic (exact) mass is 272 g/mol. The van der Waals surface area contributed by atoms with Crippen molar-refractivity contribution >= 4 is 21.6 Å². The molecule has 0 fully saturated rings. The highest BCUT2D eigenvalue weighted by atomic mass is 79.9. The minimum absolute atomic E-state index is 0.0493. The molecular formula is C11H5BrN4. The third-order valence-corrected chi connectivity index (χ3v) is 2.21. The van der Waals surface area contributed by atoms with E-state index in [-0.39, 0.29) is 5.57 Å². The van der Waals surface area contributed by atoms with Gasteiger partial charge in [-0.3, -0.25) is 0 Å². The summed E-state index contributed by atoms with van der Waals surface area (Å²) >= 11 is 3.25. The second-order valence-corrected chi connectivity index (χ2v) is 3.64. The standard InChI is InChI=1S/C11H5BrN4/c12-10-1-2-11(9(3-10)6-15)16-7-8(4-13)5-14/h1-3,7,16H. The summed E-state index contributed by atoms with van der Waals surface area (Å²) in [6.07, 6.45) is 1.27. The number of hydrogen-bond donors (Lipinski definition) is 1. The molecule has 4 nitrogen and oxygen atoms in total. The van der Waals surface area contributed by atoms with Crippen LogP contribution in [0.5, 0.6) is 0 Å². The molecule has 16 heavy (non-hydrogen) atoms. The zero-order valence-corrected chi connectivity index (χ0v) is 9.62. The van der Waals surface area contributed by atoms with Gasteiger partial charge in [-0.05, 0) is 18.2 Å². The molecule has 0 spiro atoms. The average Bonchev–Trinajstić information content (AvgIpc) is 2.31. The van der Waals surface area contributed by atoms with Crippen molar-refractivity contribution in [3.05, 3.63) is 40.0 Å². The van der Waals surface area contributed by atoms with E-state index >= 15 is 0 Å². The summed E-state index contributed by atoms with van der Waals surface area (Å²) in [5, 5.41) is 28.6. The lowest BCUT2D eigenvalue weighted by Gasteiger charge is -2.03. The van der Waals surface area contributed by atoms with E-state index in [0.717, 1.165) is 4.47 Å². The molecule has 0 saturated heterocycles. The van der Waals surface area contributed by atoms with Crippen LogP contribution >= 0.6 is 15.9 Å². The second kappa shape index (κ2) is 5.56. The highest BCUT2D eigenvalue weighted by molar-refractivity contribution is 9.10. The fraction of sp³-hybridized carbons (Fsp3) is 0. The van der Waals surface area contributed by atoms with Gasteiger partial charge >= 0.3 is 0 Å². The number of nitriles is 3. The fourth-order valence-electron chi connectivity index (χ4n) is 0.974. The van der Waals surface area contributed by atoms with E-state index in [4.69, 9.17) is 15.8 Å². The Labute approximate surface area is 101 Å². The number of halogens is 1. The molecule has 0 unspecified atom stereocenters. The van der Waals surface area contributed by atoms with E-state index in [1.54, 1.807) is 30.3 Å². The zero-order valence-electron chi connectivity index (χ0n) is 8.03. The van der Waals surface area contributed by atoms with Gasteiger partial charge in [-0.2, -0.15) is 15.8 Å². The van der Waals surface area contributed by atoms with Crippen molar-refractivity contribution in [2.24, 2.45) is 0 Å². The van der Waals surface area contributed by atoms with Crippen molar-refractivity contribution in [1.29, 1.82) is 15.8 Å². The Morgan fingerprint density at radius 1 is 1.25 bits per heavy atom. The molecule has 0 atom stereocenters. The van der Waals surface area contributed by atoms with E-state index in [1.165, 1.54) is 6.20 Å². The summed E-state index contributed by atoms with van der Waals surface area (Å²) in [4.78, 5) is 0. The minimum atomic E-state index is -0.0493. The van der Waals surface area contributed by atoms with Crippen LogP contribution in [0.3, 0.4) is 0 Å².